The molecule has 0 spiro atoms. The highest BCUT2D eigenvalue weighted by molar-refractivity contribution is 14.1. The Bertz CT molecular complexity index is 358. The summed E-state index contributed by atoms with van der Waals surface area (Å²) in [5, 5.41) is 1.12. The van der Waals surface area contributed by atoms with Gasteiger partial charge in [-0.15, -0.1) is 0 Å². The van der Waals surface area contributed by atoms with Gasteiger partial charge < -0.3 is 4.57 Å². The summed E-state index contributed by atoms with van der Waals surface area (Å²) in [5.74, 6) is 1.10. The molecule has 0 aliphatic carbocycles. The number of hydrogen-bond acceptors (Lipinski definition) is 2. The minimum Gasteiger partial charge on any atom is -0.329 e. The van der Waals surface area contributed by atoms with Gasteiger partial charge in [0.2, 0.25) is 0 Å². The van der Waals surface area contributed by atoms with Gasteiger partial charge in [-0.3, -0.25) is 0 Å². The van der Waals surface area contributed by atoms with Crippen molar-refractivity contribution in [1.82, 2.24) is 9.55 Å². The number of rotatable bonds is 3. The number of aromatic nitrogens is 2. The quantitative estimate of drug-likeness (QED) is 0.460. The monoisotopic (exact) mass is 352 g/mol. The van der Waals surface area contributed by atoms with E-state index in [9.17, 15) is 0 Å². The van der Waals surface area contributed by atoms with Crippen LogP contribution in [0, 0.1) is 5.41 Å². The molecule has 16 heavy (non-hydrogen) atoms. The first-order valence-electron chi connectivity index (χ1n) is 5.45. The predicted octanol–water partition coefficient (Wildman–Crippen LogP) is 4.23. The van der Waals surface area contributed by atoms with E-state index in [2.05, 4.69) is 75.0 Å². The number of hydrogen-bond donors (Lipinski definition) is 0. The summed E-state index contributed by atoms with van der Waals surface area (Å²) >= 11 is 4.27. The highest BCUT2D eigenvalue weighted by Gasteiger charge is 2.21. The zero-order chi connectivity index (χ0) is 12.6. The second-order valence-corrected chi connectivity index (χ2v) is 9.48. The summed E-state index contributed by atoms with van der Waals surface area (Å²) in [6.45, 7) is 11.1. The molecule has 0 aliphatic rings. The van der Waals surface area contributed by atoms with E-state index in [1.807, 2.05) is 11.8 Å². The van der Waals surface area contributed by atoms with Crippen LogP contribution in [-0.2, 0) is 10.5 Å². The smallest absolute Gasteiger partial charge is 0.168 e. The summed E-state index contributed by atoms with van der Waals surface area (Å²) in [4.78, 5) is 4.70. The number of halogens is 1. The molecule has 0 radical (unpaired) electrons. The van der Waals surface area contributed by atoms with Crippen molar-refractivity contribution < 1.29 is 0 Å². The molecule has 4 heteroatoms. The lowest BCUT2D eigenvalue weighted by atomic mass is 10.0. The highest BCUT2D eigenvalue weighted by atomic mass is 127. The molecule has 0 unspecified atom stereocenters. The fourth-order valence-corrected chi connectivity index (χ4v) is 2.39. The van der Waals surface area contributed by atoms with Crippen LogP contribution in [0.1, 0.15) is 40.3 Å². The first-order chi connectivity index (χ1) is 7.09. The second kappa shape index (κ2) is 4.88. The fourth-order valence-electron chi connectivity index (χ4n) is 1.15. The van der Waals surface area contributed by atoms with Crippen molar-refractivity contribution in [1.29, 1.82) is 0 Å². The average molecular weight is 352 g/mol. The molecule has 0 fully saturated rings. The molecule has 0 aliphatic heterocycles. The van der Waals surface area contributed by atoms with E-state index >= 15 is 0 Å². The van der Waals surface area contributed by atoms with Crippen molar-refractivity contribution in [2.75, 3.05) is 5.75 Å². The van der Waals surface area contributed by atoms with Crippen molar-refractivity contribution >= 4 is 34.4 Å². The van der Waals surface area contributed by atoms with Crippen molar-refractivity contribution in [2.24, 2.45) is 12.5 Å². The van der Waals surface area contributed by atoms with Gasteiger partial charge in [-0.1, -0.05) is 55.1 Å². The third-order valence-corrected chi connectivity index (χ3v) is 4.28. The van der Waals surface area contributed by atoms with Crippen LogP contribution in [0.4, 0.5) is 0 Å². The minimum atomic E-state index is 0.107. The lowest BCUT2D eigenvalue weighted by Gasteiger charge is -2.16. The van der Waals surface area contributed by atoms with Gasteiger partial charge in [0.05, 0.1) is 9.12 Å². The van der Waals surface area contributed by atoms with Crippen molar-refractivity contribution in [3.63, 3.8) is 0 Å². The van der Waals surface area contributed by atoms with E-state index in [0.717, 1.165) is 16.6 Å². The number of aryl methyl sites for hydroxylation is 1. The molecule has 0 atom stereocenters. The van der Waals surface area contributed by atoms with E-state index < -0.39 is 0 Å². The molecule has 0 N–H and O–H groups in total. The second-order valence-electron chi connectivity index (χ2n) is 5.84. The molecule has 1 aromatic heterocycles. The molecule has 0 saturated heterocycles. The van der Waals surface area contributed by atoms with Gasteiger partial charge in [0.15, 0.2) is 5.16 Å². The third-order valence-electron chi connectivity index (χ3n) is 2.08. The molecule has 2 nitrogen and oxygen atoms in total. The maximum atomic E-state index is 4.70. The molecule has 0 bridgehead atoms. The summed E-state index contributed by atoms with van der Waals surface area (Å²) in [7, 11) is 2.07. The summed E-state index contributed by atoms with van der Waals surface area (Å²) in [6.07, 6.45) is 2.14. The van der Waals surface area contributed by atoms with E-state index in [-0.39, 0.29) is 3.42 Å². The largest absolute Gasteiger partial charge is 0.329 e. The topological polar surface area (TPSA) is 17.8 Å². The van der Waals surface area contributed by atoms with Crippen molar-refractivity contribution in [2.45, 2.75) is 43.2 Å². The van der Waals surface area contributed by atoms with E-state index in [0.29, 0.717) is 5.41 Å². The summed E-state index contributed by atoms with van der Waals surface area (Å²) < 4.78 is 2.24. The standard InChI is InChI=1S/C12H21IN2S/c1-11(2,3)8-16-10-14-9(7-15(10)6)12(4,5)13/h7H,8H2,1-6H3. The van der Waals surface area contributed by atoms with E-state index in [4.69, 9.17) is 4.98 Å². The van der Waals surface area contributed by atoms with E-state index in [1.54, 1.807) is 0 Å². The fraction of sp³-hybridized carbons (Fsp3) is 0.750. The van der Waals surface area contributed by atoms with Crippen molar-refractivity contribution in [3.8, 4) is 0 Å². The normalized spacial score (nSPS) is 13.2. The molecule has 0 aromatic carbocycles. The first-order valence-corrected chi connectivity index (χ1v) is 7.51. The van der Waals surface area contributed by atoms with Gasteiger partial charge in [0, 0.05) is 19.0 Å². The number of imidazole rings is 1. The molecular formula is C12H21IN2S. The summed E-state index contributed by atoms with van der Waals surface area (Å²) in [5.41, 5.74) is 1.50. The van der Waals surface area contributed by atoms with Gasteiger partial charge in [0.25, 0.3) is 0 Å². The average Bonchev–Trinajstić information content (AvgIpc) is 2.41. The maximum absolute atomic E-state index is 4.70. The highest BCUT2D eigenvalue weighted by Crippen LogP contribution is 2.32. The Morgan fingerprint density at radius 1 is 1.31 bits per heavy atom. The van der Waals surface area contributed by atoms with Gasteiger partial charge >= 0.3 is 0 Å². The van der Waals surface area contributed by atoms with Gasteiger partial charge in [-0.05, 0) is 19.3 Å². The van der Waals surface area contributed by atoms with Crippen molar-refractivity contribution in [3.05, 3.63) is 11.9 Å². The van der Waals surface area contributed by atoms with Crippen LogP contribution in [0.25, 0.3) is 0 Å². The Labute approximate surface area is 117 Å². The molecule has 1 heterocycles. The Morgan fingerprint density at radius 2 is 1.88 bits per heavy atom. The Balaban J connectivity index is 2.79. The zero-order valence-electron chi connectivity index (χ0n) is 11.0. The van der Waals surface area contributed by atoms with Crippen LogP contribution in [0.3, 0.4) is 0 Å². The Hall–Kier alpha value is 0.290. The van der Waals surface area contributed by atoms with Gasteiger partial charge in [-0.25, -0.2) is 4.98 Å². The minimum absolute atomic E-state index is 0.107. The van der Waals surface area contributed by atoms with Gasteiger partial charge in [0.1, 0.15) is 0 Å². The van der Waals surface area contributed by atoms with Crippen LogP contribution in [0.5, 0.6) is 0 Å². The molecule has 1 rings (SSSR count). The van der Waals surface area contributed by atoms with Crippen LogP contribution in [-0.4, -0.2) is 15.3 Å². The lowest BCUT2D eigenvalue weighted by Crippen LogP contribution is -2.09. The summed E-state index contributed by atoms with van der Waals surface area (Å²) in [6, 6.07) is 0. The number of thioether (sulfide) groups is 1. The third kappa shape index (κ3) is 4.28. The Kier molecular flexibility index (Phi) is 4.38. The predicted molar refractivity (Wildman–Crippen MR) is 80.4 cm³/mol. The van der Waals surface area contributed by atoms with Crippen LogP contribution >= 0.6 is 34.4 Å². The number of alkyl halides is 1. The Morgan fingerprint density at radius 3 is 2.25 bits per heavy atom. The molecule has 0 saturated carbocycles. The van der Waals surface area contributed by atoms with Crippen LogP contribution in [0.2, 0.25) is 0 Å². The SMILES string of the molecule is Cn1cc(C(C)(C)I)nc1SCC(C)(C)C. The van der Waals surface area contributed by atoms with Gasteiger partial charge in [-0.2, -0.15) is 0 Å². The van der Waals surface area contributed by atoms with Crippen LogP contribution in [0.15, 0.2) is 11.4 Å². The zero-order valence-corrected chi connectivity index (χ0v) is 13.9. The maximum Gasteiger partial charge on any atom is 0.168 e. The molecule has 92 valence electrons. The molecule has 0 amide bonds. The van der Waals surface area contributed by atoms with Crippen LogP contribution < -0.4 is 0 Å². The number of nitrogens with zero attached hydrogens (tertiary/aromatic N) is 2. The molecule has 1 aromatic rings. The van der Waals surface area contributed by atoms with E-state index in [1.165, 1.54) is 0 Å². The molecular weight excluding hydrogens is 331 g/mol. The first kappa shape index (κ1) is 14.4. The lowest BCUT2D eigenvalue weighted by molar-refractivity contribution is 0.480.